The highest BCUT2D eigenvalue weighted by atomic mass is 32.2. The van der Waals surface area contributed by atoms with Gasteiger partial charge >= 0.3 is 0 Å². The molecule has 0 radical (unpaired) electrons. The van der Waals surface area contributed by atoms with E-state index in [0.717, 1.165) is 18.7 Å². The fourth-order valence-electron chi connectivity index (χ4n) is 2.91. The quantitative estimate of drug-likeness (QED) is 0.860. The molecule has 1 aromatic carbocycles. The lowest BCUT2D eigenvalue weighted by Gasteiger charge is -2.36. The van der Waals surface area contributed by atoms with Gasteiger partial charge in [-0.15, -0.1) is 11.8 Å². The Hall–Kier alpha value is -2.02. The van der Waals surface area contributed by atoms with Crippen molar-refractivity contribution in [3.63, 3.8) is 0 Å². The van der Waals surface area contributed by atoms with Crippen LogP contribution >= 0.6 is 11.8 Å². The van der Waals surface area contributed by atoms with Crippen molar-refractivity contribution < 1.29 is 8.42 Å². The Morgan fingerprint density at radius 3 is 2.60 bits per heavy atom. The van der Waals surface area contributed by atoms with Crippen LogP contribution in [0.15, 0.2) is 45.5 Å². The number of thioether (sulfide) groups is 1. The highest BCUT2D eigenvalue weighted by Gasteiger charge is 2.37. The second-order valence-electron chi connectivity index (χ2n) is 5.89. The third-order valence-electron chi connectivity index (χ3n) is 4.16. The van der Waals surface area contributed by atoms with E-state index >= 15 is 0 Å². The molecular weight excluding hydrogens is 358 g/mol. The number of aliphatic imine (C=N–C) groups is 1. The van der Waals surface area contributed by atoms with Crippen molar-refractivity contribution in [3.05, 3.63) is 35.7 Å². The Kier molecular flexibility index (Phi) is 4.77. The minimum Gasteiger partial charge on any atom is -0.340 e. The van der Waals surface area contributed by atoms with Crippen LogP contribution in [0.2, 0.25) is 0 Å². The van der Waals surface area contributed by atoms with Gasteiger partial charge in [-0.1, -0.05) is 0 Å². The second-order valence-corrected chi connectivity index (χ2v) is 8.70. The highest BCUT2D eigenvalue weighted by Crippen LogP contribution is 2.33. The average Bonchev–Trinajstić information content (AvgIpc) is 2.95. The Morgan fingerprint density at radius 1 is 1.36 bits per heavy atom. The SMILES string of the molecule is CSC1=NC2CCN(C)N2C(Nc2ccc(S(C)(=O)=O)cc2)=C1C#N. The average molecular weight is 377 g/mol. The Bertz CT molecular complexity index is 884. The number of hydrazine groups is 1. The summed E-state index contributed by atoms with van der Waals surface area (Å²) in [5.41, 5.74) is 1.21. The summed E-state index contributed by atoms with van der Waals surface area (Å²) in [5.74, 6) is 0.680. The summed E-state index contributed by atoms with van der Waals surface area (Å²) in [7, 11) is -1.28. The van der Waals surface area contributed by atoms with Gasteiger partial charge in [0.25, 0.3) is 0 Å². The van der Waals surface area contributed by atoms with Crippen molar-refractivity contribution in [1.29, 1.82) is 5.26 Å². The lowest BCUT2D eigenvalue weighted by Crippen LogP contribution is -2.43. The number of sulfone groups is 1. The van der Waals surface area contributed by atoms with E-state index in [1.165, 1.54) is 18.0 Å². The van der Waals surface area contributed by atoms with Crippen molar-refractivity contribution >= 4 is 32.3 Å². The summed E-state index contributed by atoms with van der Waals surface area (Å²) >= 11 is 1.45. The van der Waals surface area contributed by atoms with Gasteiger partial charge in [0.05, 0.1) is 4.90 Å². The second kappa shape index (κ2) is 6.71. The molecule has 0 aliphatic carbocycles. The van der Waals surface area contributed by atoms with Crippen LogP contribution in [0.1, 0.15) is 6.42 Å². The topological polar surface area (TPSA) is 88.8 Å². The molecule has 3 rings (SSSR count). The van der Waals surface area contributed by atoms with Crippen LogP contribution in [-0.2, 0) is 9.84 Å². The predicted octanol–water partition coefficient (Wildman–Crippen LogP) is 1.89. The molecule has 2 heterocycles. The molecule has 0 aromatic heterocycles. The molecule has 1 aromatic rings. The Labute approximate surface area is 151 Å². The normalized spacial score (nSPS) is 21.0. The summed E-state index contributed by atoms with van der Waals surface area (Å²) < 4.78 is 23.2. The zero-order valence-corrected chi connectivity index (χ0v) is 15.9. The molecule has 1 saturated heterocycles. The smallest absolute Gasteiger partial charge is 0.175 e. The van der Waals surface area contributed by atoms with Crippen LogP contribution in [0.3, 0.4) is 0 Å². The molecule has 7 nitrogen and oxygen atoms in total. The molecule has 1 fully saturated rings. The molecule has 0 amide bonds. The van der Waals surface area contributed by atoms with Gasteiger partial charge in [-0.3, -0.25) is 10.0 Å². The molecule has 1 atom stereocenters. The lowest BCUT2D eigenvalue weighted by atomic mass is 10.2. The fraction of sp³-hybridized carbons (Fsp3) is 0.375. The first kappa shape index (κ1) is 17.8. The molecule has 0 bridgehead atoms. The first-order valence-corrected chi connectivity index (χ1v) is 10.8. The number of benzene rings is 1. The van der Waals surface area contributed by atoms with Gasteiger partial charge in [0.1, 0.15) is 28.7 Å². The lowest BCUT2D eigenvalue weighted by molar-refractivity contribution is 0.0653. The third-order valence-corrected chi connectivity index (χ3v) is 5.98. The molecule has 0 spiro atoms. The van der Waals surface area contributed by atoms with Crippen molar-refractivity contribution in [2.24, 2.45) is 4.99 Å². The van der Waals surface area contributed by atoms with Gasteiger partial charge in [-0.05, 0) is 30.5 Å². The summed E-state index contributed by atoms with van der Waals surface area (Å²) in [6, 6.07) is 8.76. The number of rotatable bonds is 3. The minimum atomic E-state index is -3.24. The maximum atomic E-state index is 11.6. The molecule has 1 N–H and O–H groups in total. The Morgan fingerprint density at radius 2 is 2.04 bits per heavy atom. The molecule has 132 valence electrons. The zero-order chi connectivity index (χ0) is 18.2. The summed E-state index contributed by atoms with van der Waals surface area (Å²) in [6.45, 7) is 0.854. The van der Waals surface area contributed by atoms with E-state index < -0.39 is 9.84 Å². The van der Waals surface area contributed by atoms with Crippen LogP contribution in [0.25, 0.3) is 0 Å². The largest absolute Gasteiger partial charge is 0.340 e. The summed E-state index contributed by atoms with van der Waals surface area (Å²) in [4.78, 5) is 4.93. The van der Waals surface area contributed by atoms with E-state index in [9.17, 15) is 13.7 Å². The van der Waals surface area contributed by atoms with Crippen LogP contribution < -0.4 is 5.32 Å². The first-order valence-electron chi connectivity index (χ1n) is 7.69. The molecule has 25 heavy (non-hydrogen) atoms. The van der Waals surface area contributed by atoms with Crippen LogP contribution in [0.5, 0.6) is 0 Å². The number of nitrogens with one attached hydrogen (secondary N) is 1. The van der Waals surface area contributed by atoms with E-state index in [1.54, 1.807) is 24.3 Å². The number of hydrogen-bond acceptors (Lipinski definition) is 8. The van der Waals surface area contributed by atoms with Gasteiger partial charge in [0, 0.05) is 32.0 Å². The van der Waals surface area contributed by atoms with Gasteiger partial charge in [-0.25, -0.2) is 13.4 Å². The van der Waals surface area contributed by atoms with Crippen molar-refractivity contribution in [1.82, 2.24) is 10.0 Å². The maximum Gasteiger partial charge on any atom is 0.175 e. The molecular formula is C16H19N5O2S2. The van der Waals surface area contributed by atoms with Crippen molar-refractivity contribution in [3.8, 4) is 6.07 Å². The maximum absolute atomic E-state index is 11.6. The van der Waals surface area contributed by atoms with Crippen LogP contribution in [0.4, 0.5) is 5.69 Å². The molecule has 2 aliphatic rings. The number of anilines is 1. The van der Waals surface area contributed by atoms with Gasteiger partial charge in [0.2, 0.25) is 0 Å². The molecule has 9 heteroatoms. The predicted molar refractivity (Wildman–Crippen MR) is 99.6 cm³/mol. The fourth-order valence-corrected chi connectivity index (χ4v) is 4.12. The third kappa shape index (κ3) is 3.38. The summed E-state index contributed by atoms with van der Waals surface area (Å²) in [6.07, 6.45) is 3.94. The number of nitrogens with zero attached hydrogens (tertiary/aromatic N) is 4. The number of fused-ring (bicyclic) bond motifs is 1. The van der Waals surface area contributed by atoms with Crippen LogP contribution in [-0.4, -0.2) is 55.7 Å². The van der Waals surface area contributed by atoms with Gasteiger partial charge in [-0.2, -0.15) is 5.26 Å². The van der Waals surface area contributed by atoms with E-state index in [1.807, 2.05) is 23.3 Å². The monoisotopic (exact) mass is 377 g/mol. The van der Waals surface area contributed by atoms with Gasteiger partial charge in [0.15, 0.2) is 9.84 Å². The first-order chi connectivity index (χ1) is 11.8. The zero-order valence-electron chi connectivity index (χ0n) is 14.2. The van der Waals surface area contributed by atoms with Crippen molar-refractivity contribution in [2.75, 3.05) is 31.4 Å². The minimum absolute atomic E-state index is 0.0256. The van der Waals surface area contributed by atoms with Gasteiger partial charge < -0.3 is 5.32 Å². The molecule has 0 saturated carbocycles. The molecule has 1 unspecified atom stereocenters. The Balaban J connectivity index is 1.99. The number of hydrogen-bond donors (Lipinski definition) is 1. The van der Waals surface area contributed by atoms with E-state index in [0.29, 0.717) is 16.4 Å². The van der Waals surface area contributed by atoms with Crippen LogP contribution in [0, 0.1) is 11.3 Å². The van der Waals surface area contributed by atoms with E-state index in [2.05, 4.69) is 16.4 Å². The van der Waals surface area contributed by atoms with E-state index in [-0.39, 0.29) is 11.1 Å². The highest BCUT2D eigenvalue weighted by molar-refractivity contribution is 8.13. The van der Waals surface area contributed by atoms with Crippen molar-refractivity contribution in [2.45, 2.75) is 17.5 Å². The van der Waals surface area contributed by atoms with E-state index in [4.69, 9.17) is 0 Å². The summed E-state index contributed by atoms with van der Waals surface area (Å²) in [5, 5.41) is 17.7. The number of nitriles is 1. The molecule has 2 aliphatic heterocycles. The standard InChI is InChI=1S/C16H19N5O2S2/c1-20-9-8-14-19-16(24-2)13(10-17)15(21(14)20)18-11-4-6-12(7-5-11)25(3,22)23/h4-7,14,18H,8-9H2,1-3H3.